The fourth-order valence-corrected chi connectivity index (χ4v) is 2.56. The van der Waals surface area contributed by atoms with Gasteiger partial charge in [0, 0.05) is 14.6 Å². The van der Waals surface area contributed by atoms with E-state index in [1.165, 1.54) is 0 Å². The number of benzene rings is 1. The summed E-state index contributed by atoms with van der Waals surface area (Å²) in [6.45, 7) is 6.39. The van der Waals surface area contributed by atoms with Gasteiger partial charge in [-0.3, -0.25) is 0 Å². The first-order chi connectivity index (χ1) is 7.41. The van der Waals surface area contributed by atoms with Crippen molar-refractivity contribution in [2.45, 2.75) is 30.9 Å². The minimum Gasteiger partial charge on any atom is -0.478 e. The SMILES string of the molecule is CC(C)C(C)Sc1ccc(Br)cc1C(=O)O. The molecule has 1 unspecified atom stereocenters. The van der Waals surface area contributed by atoms with Gasteiger partial charge in [0.25, 0.3) is 0 Å². The lowest BCUT2D eigenvalue weighted by Crippen LogP contribution is -2.07. The highest BCUT2D eigenvalue weighted by atomic mass is 79.9. The molecule has 0 heterocycles. The molecule has 1 N–H and O–H groups in total. The number of carboxylic acid groups (broad SMARTS) is 1. The Balaban J connectivity index is 2.99. The third-order valence-corrected chi connectivity index (χ3v) is 4.44. The molecule has 16 heavy (non-hydrogen) atoms. The van der Waals surface area contributed by atoms with Crippen LogP contribution in [-0.4, -0.2) is 16.3 Å². The summed E-state index contributed by atoms with van der Waals surface area (Å²) in [5.74, 6) is -0.352. The summed E-state index contributed by atoms with van der Waals surface area (Å²) < 4.78 is 0.798. The molecule has 1 rings (SSSR count). The van der Waals surface area contributed by atoms with Crippen molar-refractivity contribution < 1.29 is 9.90 Å². The number of carboxylic acids is 1. The number of hydrogen-bond acceptors (Lipinski definition) is 2. The topological polar surface area (TPSA) is 37.3 Å². The second kappa shape index (κ2) is 5.73. The number of aromatic carboxylic acids is 1. The predicted molar refractivity (Wildman–Crippen MR) is 71.3 cm³/mol. The molecule has 88 valence electrons. The molecule has 0 aliphatic heterocycles. The number of carbonyl (C=O) groups is 1. The Labute approximate surface area is 109 Å². The molecule has 0 spiro atoms. The van der Waals surface area contributed by atoms with Crippen LogP contribution in [0.2, 0.25) is 0 Å². The van der Waals surface area contributed by atoms with Crippen LogP contribution in [0.1, 0.15) is 31.1 Å². The van der Waals surface area contributed by atoms with E-state index in [2.05, 4.69) is 36.7 Å². The number of halogens is 1. The first-order valence-electron chi connectivity index (χ1n) is 5.11. The molecule has 0 aliphatic carbocycles. The van der Waals surface area contributed by atoms with Crippen molar-refractivity contribution in [3.8, 4) is 0 Å². The molecule has 4 heteroatoms. The second-order valence-electron chi connectivity index (χ2n) is 4.01. The van der Waals surface area contributed by atoms with Gasteiger partial charge in [-0.15, -0.1) is 11.8 Å². The minimum atomic E-state index is -0.875. The van der Waals surface area contributed by atoms with E-state index >= 15 is 0 Å². The van der Waals surface area contributed by atoms with E-state index < -0.39 is 5.97 Å². The van der Waals surface area contributed by atoms with Crippen LogP contribution in [0.15, 0.2) is 27.6 Å². The summed E-state index contributed by atoms with van der Waals surface area (Å²) in [7, 11) is 0. The van der Waals surface area contributed by atoms with Crippen molar-refractivity contribution in [3.05, 3.63) is 28.2 Å². The van der Waals surface area contributed by atoms with E-state index in [1.54, 1.807) is 17.8 Å². The fraction of sp³-hybridized carbons (Fsp3) is 0.417. The van der Waals surface area contributed by atoms with E-state index in [4.69, 9.17) is 5.11 Å². The molecular formula is C12H15BrO2S. The van der Waals surface area contributed by atoms with Crippen LogP contribution in [0.25, 0.3) is 0 Å². The molecule has 0 saturated heterocycles. The smallest absolute Gasteiger partial charge is 0.336 e. The molecule has 1 aromatic rings. The molecule has 0 aliphatic rings. The Morgan fingerprint density at radius 1 is 1.38 bits per heavy atom. The summed E-state index contributed by atoms with van der Waals surface area (Å²) in [5.41, 5.74) is 0.367. The van der Waals surface area contributed by atoms with Gasteiger partial charge in [-0.25, -0.2) is 4.79 Å². The van der Waals surface area contributed by atoms with Crippen molar-refractivity contribution in [1.29, 1.82) is 0 Å². The van der Waals surface area contributed by atoms with Crippen molar-refractivity contribution in [3.63, 3.8) is 0 Å². The van der Waals surface area contributed by atoms with Crippen LogP contribution in [-0.2, 0) is 0 Å². The van der Waals surface area contributed by atoms with Crippen molar-refractivity contribution in [2.24, 2.45) is 5.92 Å². The molecule has 0 radical (unpaired) electrons. The Morgan fingerprint density at radius 2 is 2.00 bits per heavy atom. The van der Waals surface area contributed by atoms with Crippen LogP contribution in [0.4, 0.5) is 0 Å². The molecular weight excluding hydrogens is 288 g/mol. The predicted octanol–water partition coefficient (Wildman–Crippen LogP) is 4.28. The van der Waals surface area contributed by atoms with Gasteiger partial charge in [-0.1, -0.05) is 36.7 Å². The lowest BCUT2D eigenvalue weighted by molar-refractivity contribution is 0.0693. The highest BCUT2D eigenvalue weighted by Gasteiger charge is 2.15. The maximum Gasteiger partial charge on any atom is 0.336 e. The Kier molecular flexibility index (Phi) is 4.87. The van der Waals surface area contributed by atoms with Crippen molar-refractivity contribution in [1.82, 2.24) is 0 Å². The summed E-state index contributed by atoms with van der Waals surface area (Å²) in [5, 5.41) is 9.51. The van der Waals surface area contributed by atoms with Crippen LogP contribution in [0.5, 0.6) is 0 Å². The third kappa shape index (κ3) is 3.52. The van der Waals surface area contributed by atoms with Crippen LogP contribution >= 0.6 is 27.7 Å². The average molecular weight is 303 g/mol. The van der Waals surface area contributed by atoms with E-state index in [0.717, 1.165) is 9.37 Å². The highest BCUT2D eigenvalue weighted by Crippen LogP contribution is 2.32. The minimum absolute atomic E-state index is 0.367. The number of thioether (sulfide) groups is 1. The maximum atomic E-state index is 11.1. The monoisotopic (exact) mass is 302 g/mol. The fourth-order valence-electron chi connectivity index (χ4n) is 1.11. The van der Waals surface area contributed by atoms with Crippen LogP contribution in [0.3, 0.4) is 0 Å². The third-order valence-electron chi connectivity index (χ3n) is 2.42. The Bertz CT molecular complexity index is 391. The summed E-state index contributed by atoms with van der Waals surface area (Å²) in [4.78, 5) is 11.9. The lowest BCUT2D eigenvalue weighted by atomic mass is 10.2. The molecule has 0 fully saturated rings. The van der Waals surface area contributed by atoms with Gasteiger partial charge < -0.3 is 5.11 Å². The van der Waals surface area contributed by atoms with Crippen LogP contribution < -0.4 is 0 Å². The van der Waals surface area contributed by atoms with Gasteiger partial charge in [0.05, 0.1) is 5.56 Å². The summed E-state index contributed by atoms with van der Waals surface area (Å²) in [6.07, 6.45) is 0. The van der Waals surface area contributed by atoms with E-state index in [1.807, 2.05) is 12.1 Å². The number of hydrogen-bond donors (Lipinski definition) is 1. The molecule has 1 aromatic carbocycles. The Hall–Kier alpha value is -0.480. The van der Waals surface area contributed by atoms with Crippen molar-refractivity contribution >= 4 is 33.7 Å². The quantitative estimate of drug-likeness (QED) is 0.843. The lowest BCUT2D eigenvalue weighted by Gasteiger charge is -2.16. The molecule has 0 aromatic heterocycles. The maximum absolute atomic E-state index is 11.1. The largest absolute Gasteiger partial charge is 0.478 e. The molecule has 0 bridgehead atoms. The van der Waals surface area contributed by atoms with Gasteiger partial charge >= 0.3 is 5.97 Å². The van der Waals surface area contributed by atoms with Gasteiger partial charge in [-0.05, 0) is 24.1 Å². The average Bonchev–Trinajstić information content (AvgIpc) is 2.20. The first kappa shape index (κ1) is 13.6. The molecule has 0 saturated carbocycles. The number of rotatable bonds is 4. The van der Waals surface area contributed by atoms with Gasteiger partial charge in [0.1, 0.15) is 0 Å². The van der Waals surface area contributed by atoms with E-state index in [-0.39, 0.29) is 0 Å². The molecule has 0 amide bonds. The first-order valence-corrected chi connectivity index (χ1v) is 6.78. The van der Waals surface area contributed by atoms with Gasteiger partial charge in [0.15, 0.2) is 0 Å². The summed E-state index contributed by atoms with van der Waals surface area (Å²) in [6, 6.07) is 5.39. The van der Waals surface area contributed by atoms with Crippen LogP contribution in [0, 0.1) is 5.92 Å². The van der Waals surface area contributed by atoms with Gasteiger partial charge in [-0.2, -0.15) is 0 Å². The molecule has 2 nitrogen and oxygen atoms in total. The normalized spacial score (nSPS) is 12.8. The zero-order chi connectivity index (χ0) is 12.3. The van der Waals surface area contributed by atoms with E-state index in [9.17, 15) is 4.79 Å². The van der Waals surface area contributed by atoms with Gasteiger partial charge in [0.2, 0.25) is 0 Å². The summed E-state index contributed by atoms with van der Waals surface area (Å²) >= 11 is 4.90. The Morgan fingerprint density at radius 3 is 2.50 bits per heavy atom. The second-order valence-corrected chi connectivity index (χ2v) is 6.35. The zero-order valence-electron chi connectivity index (χ0n) is 9.53. The van der Waals surface area contributed by atoms with E-state index in [0.29, 0.717) is 16.7 Å². The molecule has 1 atom stereocenters. The highest BCUT2D eigenvalue weighted by molar-refractivity contribution is 9.10. The standard InChI is InChI=1S/C12H15BrO2S/c1-7(2)8(3)16-11-5-4-9(13)6-10(11)12(14)15/h4-8H,1-3H3,(H,14,15). The van der Waals surface area contributed by atoms with Crippen molar-refractivity contribution in [2.75, 3.05) is 0 Å². The zero-order valence-corrected chi connectivity index (χ0v) is 11.9.